The average Bonchev–Trinajstić information content (AvgIpc) is 2.35. The highest BCUT2D eigenvalue weighted by molar-refractivity contribution is 5.85. The van der Waals surface area contributed by atoms with E-state index < -0.39 is 0 Å². The van der Waals surface area contributed by atoms with Crippen LogP contribution in [-0.2, 0) is 6.42 Å². The van der Waals surface area contributed by atoms with Gasteiger partial charge in [-0.1, -0.05) is 19.1 Å². The van der Waals surface area contributed by atoms with E-state index in [1.165, 1.54) is 5.56 Å². The fourth-order valence-corrected chi connectivity index (χ4v) is 2.03. The molecule has 0 spiro atoms. The van der Waals surface area contributed by atoms with Crippen molar-refractivity contribution in [2.45, 2.75) is 25.8 Å². The van der Waals surface area contributed by atoms with Gasteiger partial charge in [-0.05, 0) is 31.0 Å². The number of fused-ring (bicyclic) bond motifs is 1. The lowest BCUT2D eigenvalue weighted by molar-refractivity contribution is 0.228. The Bertz CT molecular complexity index is 357. The van der Waals surface area contributed by atoms with Crippen molar-refractivity contribution in [2.24, 2.45) is 0 Å². The minimum atomic E-state index is 0. The number of benzene rings is 1. The van der Waals surface area contributed by atoms with Gasteiger partial charge in [0.1, 0.15) is 6.61 Å². The number of methoxy groups -OCH3 is 1. The summed E-state index contributed by atoms with van der Waals surface area (Å²) in [5.74, 6) is 1.76. The van der Waals surface area contributed by atoms with Gasteiger partial charge >= 0.3 is 0 Å². The van der Waals surface area contributed by atoms with Crippen LogP contribution in [0.4, 0.5) is 0 Å². The first kappa shape index (κ1) is 14.1. The Morgan fingerprint density at radius 1 is 1.47 bits per heavy atom. The van der Waals surface area contributed by atoms with Crippen molar-refractivity contribution in [3.8, 4) is 11.5 Å². The molecular formula is C13H20ClNO2. The van der Waals surface area contributed by atoms with Crippen LogP contribution in [0.3, 0.4) is 0 Å². The van der Waals surface area contributed by atoms with E-state index in [2.05, 4.69) is 18.3 Å². The Morgan fingerprint density at radius 2 is 2.29 bits per heavy atom. The van der Waals surface area contributed by atoms with Crippen molar-refractivity contribution >= 4 is 12.4 Å². The van der Waals surface area contributed by atoms with Crippen molar-refractivity contribution in [3.05, 3.63) is 23.8 Å². The Morgan fingerprint density at radius 3 is 3.00 bits per heavy atom. The number of para-hydroxylation sites is 1. The molecule has 0 radical (unpaired) electrons. The maximum Gasteiger partial charge on any atom is 0.164 e. The molecule has 1 heterocycles. The number of halogens is 1. The standard InChI is InChI=1S/C13H19NO2.ClH/c1-3-7-14-11-8-10-5-4-6-12(15-2)13(10)16-9-11;/h4-6,11,14H,3,7-9H2,1-2H3;1H/t11-;/m1./s1. The van der Waals surface area contributed by atoms with E-state index in [4.69, 9.17) is 9.47 Å². The number of rotatable bonds is 4. The maximum absolute atomic E-state index is 5.77. The fraction of sp³-hybridized carbons (Fsp3) is 0.538. The largest absolute Gasteiger partial charge is 0.493 e. The van der Waals surface area contributed by atoms with Crippen LogP contribution in [0.2, 0.25) is 0 Å². The van der Waals surface area contributed by atoms with Gasteiger partial charge in [0.25, 0.3) is 0 Å². The van der Waals surface area contributed by atoms with Crippen LogP contribution in [0.1, 0.15) is 18.9 Å². The quantitative estimate of drug-likeness (QED) is 0.899. The molecule has 96 valence electrons. The van der Waals surface area contributed by atoms with Gasteiger partial charge in [0.2, 0.25) is 0 Å². The summed E-state index contributed by atoms with van der Waals surface area (Å²) in [6.45, 7) is 3.95. The second kappa shape index (κ2) is 6.72. The second-order valence-electron chi connectivity index (χ2n) is 4.11. The third-order valence-corrected chi connectivity index (χ3v) is 2.86. The van der Waals surface area contributed by atoms with Crippen molar-refractivity contribution in [2.75, 3.05) is 20.3 Å². The van der Waals surface area contributed by atoms with E-state index in [1.807, 2.05) is 12.1 Å². The third kappa shape index (κ3) is 3.27. The zero-order chi connectivity index (χ0) is 11.4. The summed E-state index contributed by atoms with van der Waals surface area (Å²) in [6.07, 6.45) is 2.17. The lowest BCUT2D eigenvalue weighted by atomic mass is 10.0. The summed E-state index contributed by atoms with van der Waals surface area (Å²) >= 11 is 0. The highest BCUT2D eigenvalue weighted by atomic mass is 35.5. The molecule has 1 aliphatic heterocycles. The molecule has 1 N–H and O–H groups in total. The summed E-state index contributed by atoms with van der Waals surface area (Å²) in [6, 6.07) is 6.50. The minimum Gasteiger partial charge on any atom is -0.493 e. The van der Waals surface area contributed by atoms with E-state index in [1.54, 1.807) is 7.11 Å². The number of hydrogen-bond acceptors (Lipinski definition) is 3. The van der Waals surface area contributed by atoms with Gasteiger partial charge in [-0.15, -0.1) is 12.4 Å². The molecule has 0 fully saturated rings. The van der Waals surface area contributed by atoms with Crippen molar-refractivity contribution < 1.29 is 9.47 Å². The molecule has 0 amide bonds. The highest BCUT2D eigenvalue weighted by Gasteiger charge is 2.21. The minimum absolute atomic E-state index is 0. The van der Waals surface area contributed by atoms with Gasteiger partial charge in [0.05, 0.1) is 7.11 Å². The Kier molecular flexibility index (Phi) is 5.59. The monoisotopic (exact) mass is 257 g/mol. The second-order valence-corrected chi connectivity index (χ2v) is 4.11. The lowest BCUT2D eigenvalue weighted by Gasteiger charge is -2.27. The molecule has 17 heavy (non-hydrogen) atoms. The van der Waals surface area contributed by atoms with Crippen LogP contribution in [0, 0.1) is 0 Å². The molecule has 0 saturated carbocycles. The maximum atomic E-state index is 5.77. The molecule has 0 bridgehead atoms. The fourth-order valence-electron chi connectivity index (χ4n) is 2.03. The zero-order valence-electron chi connectivity index (χ0n) is 10.4. The SMILES string of the molecule is CCCN[C@H]1COc2c(cccc2OC)C1.Cl. The van der Waals surface area contributed by atoms with E-state index in [9.17, 15) is 0 Å². The van der Waals surface area contributed by atoms with Crippen LogP contribution in [0.5, 0.6) is 11.5 Å². The first-order chi connectivity index (χ1) is 7.85. The molecule has 0 aliphatic carbocycles. The Balaban J connectivity index is 0.00000144. The van der Waals surface area contributed by atoms with E-state index in [-0.39, 0.29) is 12.4 Å². The molecule has 1 aromatic rings. The predicted octanol–water partition coefficient (Wildman–Crippen LogP) is 2.42. The van der Waals surface area contributed by atoms with Gasteiger partial charge in [-0.25, -0.2) is 0 Å². The van der Waals surface area contributed by atoms with Gasteiger partial charge in [0, 0.05) is 6.04 Å². The van der Waals surface area contributed by atoms with Crippen LogP contribution in [0.25, 0.3) is 0 Å². The van der Waals surface area contributed by atoms with E-state index in [0.29, 0.717) is 6.04 Å². The van der Waals surface area contributed by atoms with E-state index in [0.717, 1.165) is 37.5 Å². The van der Waals surface area contributed by atoms with Gasteiger partial charge in [-0.2, -0.15) is 0 Å². The molecule has 1 aromatic carbocycles. The highest BCUT2D eigenvalue weighted by Crippen LogP contribution is 2.34. The summed E-state index contributed by atoms with van der Waals surface area (Å²) < 4.78 is 11.1. The summed E-state index contributed by atoms with van der Waals surface area (Å²) in [5.41, 5.74) is 1.24. The van der Waals surface area contributed by atoms with Gasteiger partial charge in [0.15, 0.2) is 11.5 Å². The molecule has 1 atom stereocenters. The number of nitrogens with one attached hydrogen (secondary N) is 1. The average molecular weight is 258 g/mol. The Labute approximate surface area is 109 Å². The first-order valence-corrected chi connectivity index (χ1v) is 5.87. The molecule has 0 aromatic heterocycles. The summed E-state index contributed by atoms with van der Waals surface area (Å²) in [7, 11) is 1.68. The molecule has 4 heteroatoms. The lowest BCUT2D eigenvalue weighted by Crippen LogP contribution is -2.39. The van der Waals surface area contributed by atoms with Crippen LogP contribution < -0.4 is 14.8 Å². The molecule has 0 saturated heterocycles. The van der Waals surface area contributed by atoms with Gasteiger partial charge in [-0.3, -0.25) is 0 Å². The normalized spacial score (nSPS) is 17.6. The molecular weight excluding hydrogens is 238 g/mol. The topological polar surface area (TPSA) is 30.5 Å². The molecule has 2 rings (SSSR count). The Hall–Kier alpha value is -0.930. The van der Waals surface area contributed by atoms with Crippen LogP contribution >= 0.6 is 12.4 Å². The zero-order valence-corrected chi connectivity index (χ0v) is 11.2. The summed E-state index contributed by atoms with van der Waals surface area (Å²) in [4.78, 5) is 0. The van der Waals surface area contributed by atoms with Crippen LogP contribution in [-0.4, -0.2) is 26.3 Å². The third-order valence-electron chi connectivity index (χ3n) is 2.86. The number of hydrogen-bond donors (Lipinski definition) is 1. The van der Waals surface area contributed by atoms with Crippen LogP contribution in [0.15, 0.2) is 18.2 Å². The summed E-state index contributed by atoms with van der Waals surface area (Å²) in [5, 5.41) is 3.48. The molecule has 1 aliphatic rings. The van der Waals surface area contributed by atoms with Gasteiger partial charge < -0.3 is 14.8 Å². The first-order valence-electron chi connectivity index (χ1n) is 5.87. The molecule has 0 unspecified atom stereocenters. The van der Waals surface area contributed by atoms with Crippen molar-refractivity contribution in [1.82, 2.24) is 5.32 Å². The number of ether oxygens (including phenoxy) is 2. The van der Waals surface area contributed by atoms with E-state index >= 15 is 0 Å². The predicted molar refractivity (Wildman–Crippen MR) is 71.5 cm³/mol. The smallest absolute Gasteiger partial charge is 0.164 e. The van der Waals surface area contributed by atoms with Crippen molar-refractivity contribution in [3.63, 3.8) is 0 Å². The van der Waals surface area contributed by atoms with Crippen molar-refractivity contribution in [1.29, 1.82) is 0 Å². The molecule has 3 nitrogen and oxygen atoms in total.